The number of carbonyl (C=O) groups excluding carboxylic acids is 2. The van der Waals surface area contributed by atoms with Crippen LogP contribution >= 0.6 is 0 Å². The van der Waals surface area contributed by atoms with Crippen molar-refractivity contribution in [3.8, 4) is 0 Å². The molecule has 1 heterocycles. The van der Waals surface area contributed by atoms with Crippen LogP contribution in [0.4, 0.5) is 0 Å². The predicted octanol–water partition coefficient (Wildman–Crippen LogP) is 0.664. The summed E-state index contributed by atoms with van der Waals surface area (Å²) < 4.78 is 0. The normalized spacial score (nSPS) is 25.0. The van der Waals surface area contributed by atoms with E-state index < -0.39 is 5.97 Å². The van der Waals surface area contributed by atoms with Crippen molar-refractivity contribution in [2.75, 3.05) is 13.1 Å². The molecule has 2 fully saturated rings. The number of aliphatic carboxylic acids is 1. The highest BCUT2D eigenvalue weighted by molar-refractivity contribution is 5.89. The molecule has 1 unspecified atom stereocenters. The van der Waals surface area contributed by atoms with Gasteiger partial charge < -0.3 is 15.7 Å². The van der Waals surface area contributed by atoms with Crippen LogP contribution < -0.4 is 10.6 Å². The molecule has 2 amide bonds. The lowest BCUT2D eigenvalue weighted by Crippen LogP contribution is -2.42. The van der Waals surface area contributed by atoms with Gasteiger partial charge in [-0.15, -0.1) is 0 Å². The molecule has 1 saturated carbocycles. The molecule has 0 spiro atoms. The summed E-state index contributed by atoms with van der Waals surface area (Å²) in [5, 5.41) is 14.6. The maximum Gasteiger partial charge on any atom is 0.303 e. The Bertz CT molecular complexity index is 402. The summed E-state index contributed by atoms with van der Waals surface area (Å²) in [7, 11) is 0. The average molecular weight is 282 g/mol. The molecule has 6 nitrogen and oxygen atoms in total. The largest absolute Gasteiger partial charge is 0.481 e. The van der Waals surface area contributed by atoms with Crippen LogP contribution in [0.2, 0.25) is 0 Å². The Balaban J connectivity index is 1.89. The first-order valence-corrected chi connectivity index (χ1v) is 7.27. The monoisotopic (exact) mass is 282 g/mol. The summed E-state index contributed by atoms with van der Waals surface area (Å²) in [4.78, 5) is 34.2. The second kappa shape index (κ2) is 6.24. The fraction of sp³-hybridized carbons (Fsp3) is 0.786. The van der Waals surface area contributed by atoms with Crippen LogP contribution in [0.3, 0.4) is 0 Å². The van der Waals surface area contributed by atoms with Gasteiger partial charge in [-0.3, -0.25) is 14.4 Å². The Hall–Kier alpha value is -1.59. The molecular weight excluding hydrogens is 260 g/mol. The van der Waals surface area contributed by atoms with Gasteiger partial charge in [0.25, 0.3) is 0 Å². The van der Waals surface area contributed by atoms with Crippen molar-refractivity contribution < 1.29 is 19.5 Å². The van der Waals surface area contributed by atoms with Crippen LogP contribution in [0.15, 0.2) is 0 Å². The Morgan fingerprint density at radius 2 is 2.00 bits per heavy atom. The zero-order chi connectivity index (χ0) is 14.6. The smallest absolute Gasteiger partial charge is 0.303 e. The van der Waals surface area contributed by atoms with E-state index in [4.69, 9.17) is 5.11 Å². The van der Waals surface area contributed by atoms with Crippen LogP contribution in [-0.4, -0.2) is 36.0 Å². The molecule has 0 radical (unpaired) electrons. The van der Waals surface area contributed by atoms with Crippen molar-refractivity contribution in [1.29, 1.82) is 0 Å². The van der Waals surface area contributed by atoms with Gasteiger partial charge in [-0.2, -0.15) is 0 Å². The SMILES string of the molecule is O=C(O)CC1(CNC(=O)C2CNC(=O)C2)CCCCC1. The molecular formula is C14H22N2O4. The molecule has 0 aromatic rings. The van der Waals surface area contributed by atoms with Gasteiger partial charge in [0.2, 0.25) is 11.8 Å². The van der Waals surface area contributed by atoms with E-state index in [2.05, 4.69) is 10.6 Å². The zero-order valence-corrected chi connectivity index (χ0v) is 11.6. The Labute approximate surface area is 118 Å². The van der Waals surface area contributed by atoms with Crippen LogP contribution in [-0.2, 0) is 14.4 Å². The van der Waals surface area contributed by atoms with Crippen LogP contribution in [0.25, 0.3) is 0 Å². The van der Waals surface area contributed by atoms with Gasteiger partial charge >= 0.3 is 5.97 Å². The van der Waals surface area contributed by atoms with E-state index in [-0.39, 0.29) is 36.0 Å². The molecule has 1 aliphatic heterocycles. The molecule has 2 aliphatic rings. The first-order valence-electron chi connectivity index (χ1n) is 7.27. The highest BCUT2D eigenvalue weighted by atomic mass is 16.4. The summed E-state index contributed by atoms with van der Waals surface area (Å²) in [6.45, 7) is 0.791. The van der Waals surface area contributed by atoms with E-state index >= 15 is 0 Å². The number of carbonyl (C=O) groups is 3. The molecule has 1 atom stereocenters. The third kappa shape index (κ3) is 3.71. The lowest BCUT2D eigenvalue weighted by molar-refractivity contribution is -0.141. The summed E-state index contributed by atoms with van der Waals surface area (Å²) in [5.74, 6) is -1.35. The van der Waals surface area contributed by atoms with Crippen molar-refractivity contribution in [1.82, 2.24) is 10.6 Å². The van der Waals surface area contributed by atoms with E-state index in [9.17, 15) is 14.4 Å². The lowest BCUT2D eigenvalue weighted by Gasteiger charge is -2.36. The highest BCUT2D eigenvalue weighted by Crippen LogP contribution is 2.38. The summed E-state index contributed by atoms with van der Waals surface area (Å²) >= 11 is 0. The first kappa shape index (κ1) is 14.8. The number of nitrogens with one attached hydrogen (secondary N) is 2. The second-order valence-electron chi connectivity index (χ2n) is 6.05. The van der Waals surface area contributed by atoms with Crippen LogP contribution in [0.5, 0.6) is 0 Å². The van der Waals surface area contributed by atoms with E-state index in [1.54, 1.807) is 0 Å². The van der Waals surface area contributed by atoms with E-state index in [0.29, 0.717) is 13.1 Å². The third-order valence-electron chi connectivity index (χ3n) is 4.43. The maximum absolute atomic E-state index is 12.0. The molecule has 1 saturated heterocycles. The second-order valence-corrected chi connectivity index (χ2v) is 6.05. The standard InChI is InChI=1S/C14H22N2O4/c17-11-6-10(8-15-11)13(20)16-9-14(7-12(18)19)4-2-1-3-5-14/h10H,1-9H2,(H,15,17)(H,16,20)(H,18,19). The van der Waals surface area contributed by atoms with Gasteiger partial charge in [-0.05, 0) is 18.3 Å². The molecule has 0 aromatic carbocycles. The van der Waals surface area contributed by atoms with Crippen molar-refractivity contribution in [2.24, 2.45) is 11.3 Å². The minimum absolute atomic E-state index is 0.0944. The molecule has 6 heteroatoms. The molecule has 0 bridgehead atoms. The number of amides is 2. The number of hydrogen-bond donors (Lipinski definition) is 3. The van der Waals surface area contributed by atoms with E-state index in [1.165, 1.54) is 0 Å². The number of rotatable bonds is 5. The maximum atomic E-state index is 12.0. The number of carboxylic acid groups (broad SMARTS) is 1. The average Bonchev–Trinajstić information content (AvgIpc) is 2.83. The van der Waals surface area contributed by atoms with Crippen molar-refractivity contribution in [3.05, 3.63) is 0 Å². The van der Waals surface area contributed by atoms with Gasteiger partial charge in [0.05, 0.1) is 12.3 Å². The zero-order valence-electron chi connectivity index (χ0n) is 11.6. The topological polar surface area (TPSA) is 95.5 Å². The quantitative estimate of drug-likeness (QED) is 0.690. The summed E-state index contributed by atoms with van der Waals surface area (Å²) in [6, 6.07) is 0. The Kier molecular flexibility index (Phi) is 4.62. The molecule has 1 aliphatic carbocycles. The van der Waals surface area contributed by atoms with Gasteiger partial charge in [-0.25, -0.2) is 0 Å². The number of hydrogen-bond acceptors (Lipinski definition) is 3. The summed E-state index contributed by atoms with van der Waals surface area (Å²) in [6.07, 6.45) is 5.21. The molecule has 3 N–H and O–H groups in total. The minimum Gasteiger partial charge on any atom is -0.481 e. The van der Waals surface area contributed by atoms with E-state index in [0.717, 1.165) is 32.1 Å². The van der Waals surface area contributed by atoms with Gasteiger partial charge in [0.1, 0.15) is 0 Å². The minimum atomic E-state index is -0.807. The lowest BCUT2D eigenvalue weighted by atomic mass is 9.71. The van der Waals surface area contributed by atoms with Gasteiger partial charge in [0.15, 0.2) is 0 Å². The van der Waals surface area contributed by atoms with Crippen LogP contribution in [0.1, 0.15) is 44.9 Å². The number of carboxylic acids is 1. The molecule has 112 valence electrons. The Morgan fingerprint density at radius 3 is 2.55 bits per heavy atom. The van der Waals surface area contributed by atoms with E-state index in [1.807, 2.05) is 0 Å². The molecule has 20 heavy (non-hydrogen) atoms. The van der Waals surface area contributed by atoms with Gasteiger partial charge in [-0.1, -0.05) is 19.3 Å². The Morgan fingerprint density at radius 1 is 1.30 bits per heavy atom. The fourth-order valence-corrected chi connectivity index (χ4v) is 3.25. The fourth-order valence-electron chi connectivity index (χ4n) is 3.25. The molecule has 2 rings (SSSR count). The van der Waals surface area contributed by atoms with Crippen molar-refractivity contribution in [3.63, 3.8) is 0 Å². The van der Waals surface area contributed by atoms with Crippen molar-refractivity contribution in [2.45, 2.75) is 44.9 Å². The summed E-state index contributed by atoms with van der Waals surface area (Å²) in [5.41, 5.74) is -0.310. The van der Waals surface area contributed by atoms with Crippen molar-refractivity contribution >= 4 is 17.8 Å². The van der Waals surface area contributed by atoms with Crippen LogP contribution in [0, 0.1) is 11.3 Å². The first-order chi connectivity index (χ1) is 9.51. The van der Waals surface area contributed by atoms with Gasteiger partial charge in [0, 0.05) is 19.5 Å². The third-order valence-corrected chi connectivity index (χ3v) is 4.43. The molecule has 0 aromatic heterocycles. The highest BCUT2D eigenvalue weighted by Gasteiger charge is 2.36. The predicted molar refractivity (Wildman–Crippen MR) is 71.9 cm³/mol.